The minimum atomic E-state index is -3.48. The summed E-state index contributed by atoms with van der Waals surface area (Å²) in [6.07, 6.45) is 0. The van der Waals surface area contributed by atoms with Crippen LogP contribution in [0.25, 0.3) is 10.9 Å². The summed E-state index contributed by atoms with van der Waals surface area (Å²) in [7, 11) is -3.48. The Hall–Kier alpha value is -2.11. The topological polar surface area (TPSA) is 53.2 Å². The molecule has 2 aromatic carbocycles. The van der Waals surface area contributed by atoms with Gasteiger partial charge in [0.15, 0.2) is 0 Å². The van der Waals surface area contributed by atoms with Crippen LogP contribution in [-0.2, 0) is 16.6 Å². The Kier molecular flexibility index (Phi) is 3.51. The van der Waals surface area contributed by atoms with Gasteiger partial charge >= 0.3 is 0 Å². The Morgan fingerprint density at radius 2 is 1.79 bits per heavy atom. The van der Waals surface area contributed by atoms with E-state index in [-0.39, 0.29) is 5.92 Å². The number of aromatic nitrogens is 1. The van der Waals surface area contributed by atoms with E-state index >= 15 is 0 Å². The first-order chi connectivity index (χ1) is 11.5. The molecular weight excluding hydrogens is 320 g/mol. The fourth-order valence-electron chi connectivity index (χ4n) is 3.59. The molecule has 0 fully saturated rings. The highest BCUT2D eigenvalue weighted by molar-refractivity contribution is 7.89. The van der Waals surface area contributed by atoms with E-state index in [1.54, 1.807) is 16.4 Å². The number of aryl methyl sites for hydroxylation is 1. The molecule has 0 radical (unpaired) electrons. The van der Waals surface area contributed by atoms with Crippen LogP contribution in [0.5, 0.6) is 0 Å². The smallest absolute Gasteiger partial charge is 0.243 e. The molecule has 1 aliphatic rings. The molecule has 2 heterocycles. The standard InChI is InChI=1S/C19H20N2O2S/c1-13-7-9-15(10-8-13)24(22,23)21-11-14(2)19-16-5-3-4-6-17(16)20-18(19)12-21/h3-10,14,20H,11-12H2,1-2H3. The van der Waals surface area contributed by atoms with Gasteiger partial charge in [0.25, 0.3) is 0 Å². The van der Waals surface area contributed by atoms with Gasteiger partial charge in [-0.1, -0.05) is 42.8 Å². The van der Waals surface area contributed by atoms with Gasteiger partial charge in [0.1, 0.15) is 0 Å². The van der Waals surface area contributed by atoms with Crippen LogP contribution in [0.15, 0.2) is 53.4 Å². The first kappa shape index (κ1) is 15.4. The largest absolute Gasteiger partial charge is 0.357 e. The number of nitrogens with one attached hydrogen (secondary N) is 1. The number of nitrogens with zero attached hydrogens (tertiary/aromatic N) is 1. The number of para-hydroxylation sites is 1. The number of sulfonamides is 1. The van der Waals surface area contributed by atoms with Crippen molar-refractivity contribution in [1.82, 2.24) is 9.29 Å². The lowest BCUT2D eigenvalue weighted by molar-refractivity contribution is 0.361. The van der Waals surface area contributed by atoms with Gasteiger partial charge in [-0.05, 0) is 36.6 Å². The number of benzene rings is 2. The minimum absolute atomic E-state index is 0.158. The average Bonchev–Trinajstić information content (AvgIpc) is 2.94. The molecule has 1 unspecified atom stereocenters. The molecule has 1 aliphatic heterocycles. The molecule has 0 amide bonds. The lowest BCUT2D eigenvalue weighted by Gasteiger charge is -2.30. The summed E-state index contributed by atoms with van der Waals surface area (Å²) in [4.78, 5) is 3.76. The predicted molar refractivity (Wildman–Crippen MR) is 95.5 cm³/mol. The Morgan fingerprint density at radius 1 is 1.08 bits per heavy atom. The lowest BCUT2D eigenvalue weighted by atomic mass is 9.95. The highest BCUT2D eigenvalue weighted by Crippen LogP contribution is 2.36. The van der Waals surface area contributed by atoms with E-state index in [1.807, 2.05) is 37.3 Å². The van der Waals surface area contributed by atoms with Gasteiger partial charge in [0, 0.05) is 23.1 Å². The second-order valence-corrected chi connectivity index (χ2v) is 8.51. The van der Waals surface area contributed by atoms with Gasteiger partial charge in [0.2, 0.25) is 10.0 Å². The van der Waals surface area contributed by atoms with Crippen molar-refractivity contribution >= 4 is 20.9 Å². The number of hydrogen-bond donors (Lipinski definition) is 1. The zero-order valence-electron chi connectivity index (χ0n) is 13.8. The second-order valence-electron chi connectivity index (χ2n) is 6.57. The zero-order valence-corrected chi connectivity index (χ0v) is 14.6. The molecule has 3 aromatic rings. The molecule has 0 spiro atoms. The molecule has 0 saturated carbocycles. The summed E-state index contributed by atoms with van der Waals surface area (Å²) >= 11 is 0. The number of H-pyrrole nitrogens is 1. The molecule has 5 heteroatoms. The molecule has 1 N–H and O–H groups in total. The van der Waals surface area contributed by atoms with Gasteiger partial charge in [0.05, 0.1) is 11.4 Å². The maximum absolute atomic E-state index is 13.0. The number of hydrogen-bond acceptors (Lipinski definition) is 2. The third-order valence-corrected chi connectivity index (χ3v) is 6.62. The van der Waals surface area contributed by atoms with Crippen LogP contribution in [0.3, 0.4) is 0 Å². The number of aromatic amines is 1. The molecule has 4 rings (SSSR count). The second kappa shape index (κ2) is 5.46. The van der Waals surface area contributed by atoms with E-state index in [0.29, 0.717) is 18.0 Å². The number of fused-ring (bicyclic) bond motifs is 3. The van der Waals surface area contributed by atoms with Gasteiger partial charge in [-0.15, -0.1) is 0 Å². The van der Waals surface area contributed by atoms with Crippen LogP contribution in [-0.4, -0.2) is 24.3 Å². The summed E-state index contributed by atoms with van der Waals surface area (Å²) in [6, 6.07) is 15.2. The maximum Gasteiger partial charge on any atom is 0.243 e. The maximum atomic E-state index is 13.0. The van der Waals surface area contributed by atoms with Crippen LogP contribution < -0.4 is 0 Å². The SMILES string of the molecule is Cc1ccc(S(=O)(=O)N2Cc3[nH]c4ccccc4c3C(C)C2)cc1. The fourth-order valence-corrected chi connectivity index (χ4v) is 5.08. The van der Waals surface area contributed by atoms with Crippen molar-refractivity contribution < 1.29 is 8.42 Å². The van der Waals surface area contributed by atoms with E-state index in [4.69, 9.17) is 0 Å². The summed E-state index contributed by atoms with van der Waals surface area (Å²) in [5.74, 6) is 0.158. The minimum Gasteiger partial charge on any atom is -0.357 e. The van der Waals surface area contributed by atoms with Crippen LogP contribution in [0, 0.1) is 6.92 Å². The summed E-state index contributed by atoms with van der Waals surface area (Å²) in [5, 5.41) is 1.20. The molecule has 0 bridgehead atoms. The highest BCUT2D eigenvalue weighted by Gasteiger charge is 2.33. The Morgan fingerprint density at radius 3 is 2.54 bits per heavy atom. The fraction of sp³-hybridized carbons (Fsp3) is 0.263. The Bertz CT molecular complexity index is 1000. The zero-order chi connectivity index (χ0) is 16.9. The molecule has 4 nitrogen and oxygen atoms in total. The van der Waals surface area contributed by atoms with Crippen molar-refractivity contribution in [2.45, 2.75) is 31.2 Å². The van der Waals surface area contributed by atoms with E-state index in [1.165, 1.54) is 10.9 Å². The summed E-state index contributed by atoms with van der Waals surface area (Å²) in [6.45, 7) is 4.95. The molecule has 0 saturated heterocycles. The van der Waals surface area contributed by atoms with E-state index in [0.717, 1.165) is 16.8 Å². The first-order valence-corrected chi connectivity index (χ1v) is 9.57. The van der Waals surface area contributed by atoms with Gasteiger partial charge < -0.3 is 4.98 Å². The van der Waals surface area contributed by atoms with Crippen LogP contribution >= 0.6 is 0 Å². The van der Waals surface area contributed by atoms with Gasteiger partial charge in [-0.2, -0.15) is 4.31 Å². The summed E-state index contributed by atoms with van der Waals surface area (Å²) in [5.41, 5.74) is 4.38. The third-order valence-electron chi connectivity index (χ3n) is 4.79. The predicted octanol–water partition coefficient (Wildman–Crippen LogP) is 3.78. The summed E-state index contributed by atoms with van der Waals surface area (Å²) < 4.78 is 27.5. The van der Waals surface area contributed by atoms with E-state index < -0.39 is 10.0 Å². The third kappa shape index (κ3) is 2.36. The van der Waals surface area contributed by atoms with Crippen LogP contribution in [0.2, 0.25) is 0 Å². The van der Waals surface area contributed by atoms with Crippen molar-refractivity contribution in [3.63, 3.8) is 0 Å². The molecule has 24 heavy (non-hydrogen) atoms. The van der Waals surface area contributed by atoms with Gasteiger partial charge in [-0.3, -0.25) is 0 Å². The van der Waals surface area contributed by atoms with Crippen molar-refractivity contribution in [2.75, 3.05) is 6.54 Å². The van der Waals surface area contributed by atoms with Crippen LogP contribution in [0.4, 0.5) is 0 Å². The normalized spacial score (nSPS) is 18.7. The molecule has 1 atom stereocenters. The van der Waals surface area contributed by atoms with Crippen molar-refractivity contribution in [2.24, 2.45) is 0 Å². The molecule has 124 valence electrons. The molecule has 1 aromatic heterocycles. The molecular formula is C19H20N2O2S. The van der Waals surface area contributed by atoms with E-state index in [2.05, 4.69) is 18.0 Å². The van der Waals surface area contributed by atoms with Crippen molar-refractivity contribution in [1.29, 1.82) is 0 Å². The lowest BCUT2D eigenvalue weighted by Crippen LogP contribution is -2.37. The highest BCUT2D eigenvalue weighted by atomic mass is 32.2. The van der Waals surface area contributed by atoms with Gasteiger partial charge in [-0.25, -0.2) is 8.42 Å². The Balaban J connectivity index is 1.76. The van der Waals surface area contributed by atoms with Crippen LogP contribution in [0.1, 0.15) is 29.7 Å². The van der Waals surface area contributed by atoms with Crippen molar-refractivity contribution in [3.05, 3.63) is 65.4 Å². The number of rotatable bonds is 2. The molecule has 0 aliphatic carbocycles. The Labute approximate surface area is 142 Å². The quantitative estimate of drug-likeness (QED) is 0.772. The first-order valence-electron chi connectivity index (χ1n) is 8.13. The van der Waals surface area contributed by atoms with E-state index in [9.17, 15) is 8.42 Å². The van der Waals surface area contributed by atoms with Crippen molar-refractivity contribution in [3.8, 4) is 0 Å². The average molecular weight is 340 g/mol. The monoisotopic (exact) mass is 340 g/mol.